The van der Waals surface area contributed by atoms with Gasteiger partial charge in [-0.05, 0) is 55.7 Å². The van der Waals surface area contributed by atoms with E-state index in [1.165, 1.54) is 12.1 Å². The molecule has 7 heteroatoms. The van der Waals surface area contributed by atoms with Gasteiger partial charge in [0.1, 0.15) is 28.9 Å². The molecule has 1 aromatic heterocycles. The van der Waals surface area contributed by atoms with Crippen LogP contribution in [0.3, 0.4) is 0 Å². The molecule has 1 heterocycles. The highest BCUT2D eigenvalue weighted by Crippen LogP contribution is 2.28. The molecule has 0 bridgehead atoms. The number of hydrogen-bond acceptors (Lipinski definition) is 5. The van der Waals surface area contributed by atoms with Crippen molar-refractivity contribution < 1.29 is 13.9 Å². The molecule has 2 aromatic carbocycles. The maximum Gasteiger partial charge on any atom is 0.270 e. The molecule has 6 nitrogen and oxygen atoms in total. The summed E-state index contributed by atoms with van der Waals surface area (Å²) in [6.45, 7) is 4.13. The van der Waals surface area contributed by atoms with Gasteiger partial charge in [-0.2, -0.15) is 0 Å². The first-order valence-electron chi connectivity index (χ1n) is 9.24. The molecule has 0 aliphatic heterocycles. The smallest absolute Gasteiger partial charge is 0.270 e. The van der Waals surface area contributed by atoms with Crippen molar-refractivity contribution in [2.75, 3.05) is 19.0 Å². The highest BCUT2D eigenvalue weighted by Gasteiger charge is 2.12. The van der Waals surface area contributed by atoms with E-state index in [1.807, 2.05) is 25.1 Å². The maximum atomic E-state index is 13.0. The van der Waals surface area contributed by atoms with Crippen LogP contribution < -0.4 is 15.4 Å². The third kappa shape index (κ3) is 5.51. The molecular formula is C22H23FN4O2. The van der Waals surface area contributed by atoms with Crippen molar-refractivity contribution in [1.82, 2.24) is 15.3 Å². The first-order chi connectivity index (χ1) is 13.9. The molecular weight excluding hydrogens is 371 g/mol. The largest absolute Gasteiger partial charge is 0.495 e. The second kappa shape index (κ2) is 9.14. The normalized spacial score (nSPS) is 10.5. The van der Waals surface area contributed by atoms with E-state index in [2.05, 4.69) is 20.6 Å². The van der Waals surface area contributed by atoms with Crippen molar-refractivity contribution in [3.63, 3.8) is 0 Å². The summed E-state index contributed by atoms with van der Waals surface area (Å²) >= 11 is 0. The van der Waals surface area contributed by atoms with Crippen molar-refractivity contribution in [1.29, 1.82) is 0 Å². The zero-order valence-corrected chi connectivity index (χ0v) is 16.6. The molecule has 0 unspecified atom stereocenters. The fourth-order valence-electron chi connectivity index (χ4n) is 2.87. The number of amides is 1. The van der Waals surface area contributed by atoms with Crippen LogP contribution in [0.15, 0.2) is 48.5 Å². The minimum absolute atomic E-state index is 0.269. The Bertz CT molecular complexity index is 1010. The summed E-state index contributed by atoms with van der Waals surface area (Å²) in [6.07, 6.45) is 0.599. The Kier molecular flexibility index (Phi) is 6.39. The van der Waals surface area contributed by atoms with Crippen molar-refractivity contribution >= 4 is 17.4 Å². The average Bonchev–Trinajstić information content (AvgIpc) is 2.69. The van der Waals surface area contributed by atoms with Gasteiger partial charge in [0, 0.05) is 12.6 Å². The van der Waals surface area contributed by atoms with E-state index in [4.69, 9.17) is 4.74 Å². The lowest BCUT2D eigenvalue weighted by atomic mass is 10.1. The molecule has 0 radical (unpaired) electrons. The van der Waals surface area contributed by atoms with Gasteiger partial charge in [0.15, 0.2) is 0 Å². The average molecular weight is 394 g/mol. The molecule has 0 saturated carbocycles. The van der Waals surface area contributed by atoms with Crippen molar-refractivity contribution in [3.8, 4) is 5.75 Å². The first kappa shape index (κ1) is 20.3. The number of hydrogen-bond donors (Lipinski definition) is 2. The Labute approximate surface area is 169 Å². The summed E-state index contributed by atoms with van der Waals surface area (Å²) in [4.78, 5) is 21.1. The molecule has 3 rings (SSSR count). The van der Waals surface area contributed by atoms with Gasteiger partial charge in [-0.1, -0.05) is 18.2 Å². The molecule has 0 fully saturated rings. The second-order valence-electron chi connectivity index (χ2n) is 6.65. The van der Waals surface area contributed by atoms with E-state index in [-0.39, 0.29) is 17.4 Å². The molecule has 0 atom stereocenters. The number of anilines is 2. The minimum atomic E-state index is -0.295. The number of nitrogens with one attached hydrogen (secondary N) is 2. The topological polar surface area (TPSA) is 76.1 Å². The number of ether oxygens (including phenoxy) is 1. The molecule has 29 heavy (non-hydrogen) atoms. The molecule has 0 spiro atoms. The van der Waals surface area contributed by atoms with Gasteiger partial charge in [-0.25, -0.2) is 14.4 Å². The molecule has 2 N–H and O–H groups in total. The Morgan fingerprint density at radius 2 is 1.83 bits per heavy atom. The molecule has 1 amide bonds. The van der Waals surface area contributed by atoms with Gasteiger partial charge < -0.3 is 15.4 Å². The molecule has 150 valence electrons. The van der Waals surface area contributed by atoms with Crippen LogP contribution >= 0.6 is 0 Å². The third-order valence-corrected chi connectivity index (χ3v) is 4.30. The van der Waals surface area contributed by atoms with Crippen LogP contribution in [0.25, 0.3) is 0 Å². The van der Waals surface area contributed by atoms with E-state index in [0.29, 0.717) is 30.4 Å². The van der Waals surface area contributed by atoms with Crippen LogP contribution in [0.4, 0.5) is 15.9 Å². The Morgan fingerprint density at radius 3 is 2.55 bits per heavy atom. The fourth-order valence-corrected chi connectivity index (χ4v) is 2.87. The Balaban J connectivity index is 1.69. The van der Waals surface area contributed by atoms with Crippen LogP contribution in [0, 0.1) is 19.7 Å². The summed E-state index contributed by atoms with van der Waals surface area (Å²) < 4.78 is 18.3. The summed E-state index contributed by atoms with van der Waals surface area (Å²) in [5.74, 6) is 1.09. The number of halogens is 1. The standard InChI is InChI=1S/C22H23FN4O2/c1-14-4-9-20(29-3)18(12-14)27-21-13-19(25-15(2)26-21)22(28)24-11-10-16-5-7-17(23)8-6-16/h4-9,12-13H,10-11H2,1-3H3,(H,24,28)(H,25,26,27). The van der Waals surface area contributed by atoms with Gasteiger partial charge in [-0.3, -0.25) is 4.79 Å². The number of rotatable bonds is 7. The number of aryl methyl sites for hydroxylation is 2. The van der Waals surface area contributed by atoms with E-state index in [1.54, 1.807) is 32.2 Å². The highest BCUT2D eigenvalue weighted by atomic mass is 19.1. The van der Waals surface area contributed by atoms with Gasteiger partial charge in [-0.15, -0.1) is 0 Å². The Morgan fingerprint density at radius 1 is 1.07 bits per heavy atom. The number of carbonyl (C=O) groups is 1. The van der Waals surface area contributed by atoms with Crippen LogP contribution in [0.5, 0.6) is 5.75 Å². The van der Waals surface area contributed by atoms with Crippen molar-refractivity contribution in [2.45, 2.75) is 20.3 Å². The third-order valence-electron chi connectivity index (χ3n) is 4.30. The summed E-state index contributed by atoms with van der Waals surface area (Å²) in [6, 6.07) is 13.6. The van der Waals surface area contributed by atoms with Crippen LogP contribution in [0.2, 0.25) is 0 Å². The lowest BCUT2D eigenvalue weighted by Crippen LogP contribution is -2.27. The van der Waals surface area contributed by atoms with E-state index in [9.17, 15) is 9.18 Å². The van der Waals surface area contributed by atoms with Crippen LogP contribution in [0.1, 0.15) is 27.4 Å². The van der Waals surface area contributed by atoms with E-state index < -0.39 is 0 Å². The predicted octanol–water partition coefficient (Wildman–Crippen LogP) is 3.96. The summed E-state index contributed by atoms with van der Waals surface area (Å²) in [7, 11) is 1.60. The lowest BCUT2D eigenvalue weighted by molar-refractivity contribution is 0.0949. The summed E-state index contributed by atoms with van der Waals surface area (Å²) in [5.41, 5.74) is 3.04. The van der Waals surface area contributed by atoms with Crippen LogP contribution in [-0.2, 0) is 6.42 Å². The lowest BCUT2D eigenvalue weighted by Gasteiger charge is -2.13. The fraction of sp³-hybridized carbons (Fsp3) is 0.227. The number of methoxy groups -OCH3 is 1. The van der Waals surface area contributed by atoms with Gasteiger partial charge in [0.2, 0.25) is 0 Å². The number of aromatic nitrogens is 2. The van der Waals surface area contributed by atoms with Crippen molar-refractivity contribution in [2.24, 2.45) is 0 Å². The zero-order chi connectivity index (χ0) is 20.8. The monoisotopic (exact) mass is 394 g/mol. The van der Waals surface area contributed by atoms with Gasteiger partial charge in [0.25, 0.3) is 5.91 Å². The van der Waals surface area contributed by atoms with E-state index in [0.717, 1.165) is 16.8 Å². The van der Waals surface area contributed by atoms with Crippen molar-refractivity contribution in [3.05, 3.63) is 77.0 Å². The molecule has 3 aromatic rings. The first-order valence-corrected chi connectivity index (χ1v) is 9.24. The zero-order valence-electron chi connectivity index (χ0n) is 16.6. The van der Waals surface area contributed by atoms with Gasteiger partial charge >= 0.3 is 0 Å². The maximum absolute atomic E-state index is 13.0. The molecule has 0 aliphatic carbocycles. The number of benzene rings is 2. The van der Waals surface area contributed by atoms with Crippen LogP contribution in [-0.4, -0.2) is 29.5 Å². The highest BCUT2D eigenvalue weighted by molar-refractivity contribution is 5.93. The minimum Gasteiger partial charge on any atom is -0.495 e. The molecule has 0 aliphatic rings. The SMILES string of the molecule is COc1ccc(C)cc1Nc1cc(C(=O)NCCc2ccc(F)cc2)nc(C)n1. The quantitative estimate of drug-likeness (QED) is 0.634. The number of carbonyl (C=O) groups excluding carboxylic acids is 1. The predicted molar refractivity (Wildman–Crippen MR) is 110 cm³/mol. The van der Waals surface area contributed by atoms with E-state index >= 15 is 0 Å². The second-order valence-corrected chi connectivity index (χ2v) is 6.65. The number of nitrogens with zero attached hydrogens (tertiary/aromatic N) is 2. The molecule has 0 saturated heterocycles. The summed E-state index contributed by atoms with van der Waals surface area (Å²) in [5, 5.41) is 6.03. The Hall–Kier alpha value is -3.48. The van der Waals surface area contributed by atoms with Gasteiger partial charge in [0.05, 0.1) is 12.8 Å².